The maximum absolute atomic E-state index is 14.3. The first-order valence-electron chi connectivity index (χ1n) is 10.2. The fourth-order valence-corrected chi connectivity index (χ4v) is 3.59. The van der Waals surface area contributed by atoms with Gasteiger partial charge in [-0.15, -0.1) is 0 Å². The Morgan fingerprint density at radius 2 is 1.77 bits per heavy atom. The van der Waals surface area contributed by atoms with E-state index in [1.165, 1.54) is 0 Å². The van der Waals surface area contributed by atoms with Gasteiger partial charge < -0.3 is 21.1 Å². The summed E-state index contributed by atoms with van der Waals surface area (Å²) < 4.78 is 46.0. The number of hydrogen-bond donors (Lipinski definition) is 4. The molecule has 8 nitrogen and oxygen atoms in total. The summed E-state index contributed by atoms with van der Waals surface area (Å²) >= 11 is 0. The van der Waals surface area contributed by atoms with Gasteiger partial charge >= 0.3 is 12.1 Å². The Balaban J connectivity index is 0.000000364. The monoisotopic (exact) mass is 487 g/mol. The molecule has 0 unspecified atom stereocenters. The number of carbonyl (C=O) groups excluding carboxylic acids is 1. The highest BCUT2D eigenvalue weighted by Gasteiger charge is 2.38. The fourth-order valence-electron chi connectivity index (χ4n) is 3.59. The number of nitrogens with two attached hydrogens (primary N) is 1. The van der Waals surface area contributed by atoms with Crippen LogP contribution in [0.25, 0.3) is 33.4 Å². The van der Waals surface area contributed by atoms with Crippen molar-refractivity contribution in [1.82, 2.24) is 20.3 Å². The van der Waals surface area contributed by atoms with Gasteiger partial charge in [-0.25, -0.2) is 14.8 Å². The maximum atomic E-state index is 14.3. The number of alkyl halides is 3. The number of halogens is 4. The third kappa shape index (κ3) is 4.90. The fraction of sp³-hybridized carbons (Fsp3) is 0.130. The summed E-state index contributed by atoms with van der Waals surface area (Å²) in [5, 5.41) is 10.9. The molecule has 5 rings (SSSR count). The lowest BCUT2D eigenvalue weighted by atomic mass is 10.0. The molecule has 0 aliphatic carbocycles. The average Bonchev–Trinajstić information content (AvgIpc) is 3.24. The minimum atomic E-state index is -5.08. The molecule has 4 heterocycles. The Morgan fingerprint density at radius 1 is 1.03 bits per heavy atom. The zero-order valence-electron chi connectivity index (χ0n) is 17.8. The van der Waals surface area contributed by atoms with Crippen LogP contribution in [0.2, 0.25) is 0 Å². The molecule has 5 N–H and O–H groups in total. The molecule has 180 valence electrons. The normalized spacial score (nSPS) is 13.0. The van der Waals surface area contributed by atoms with Crippen molar-refractivity contribution in [1.29, 1.82) is 0 Å². The first-order valence-corrected chi connectivity index (χ1v) is 10.2. The highest BCUT2D eigenvalue weighted by molar-refractivity contribution is 6.00. The van der Waals surface area contributed by atoms with Gasteiger partial charge in [0.2, 0.25) is 5.95 Å². The van der Waals surface area contributed by atoms with Crippen molar-refractivity contribution in [3.8, 4) is 22.5 Å². The number of fused-ring (bicyclic) bond motifs is 2. The summed E-state index contributed by atoms with van der Waals surface area (Å²) in [4.78, 5) is 32.7. The van der Waals surface area contributed by atoms with Crippen LogP contribution in [-0.2, 0) is 11.2 Å². The second-order valence-corrected chi connectivity index (χ2v) is 7.53. The Bertz CT molecular complexity index is 1450. The Hall–Kier alpha value is -4.48. The van der Waals surface area contributed by atoms with Gasteiger partial charge in [-0.2, -0.15) is 17.6 Å². The molecule has 0 saturated carbocycles. The molecule has 1 aliphatic heterocycles. The van der Waals surface area contributed by atoms with Gasteiger partial charge in [0.05, 0.1) is 22.3 Å². The number of carboxylic acids is 1. The van der Waals surface area contributed by atoms with Crippen LogP contribution in [-0.4, -0.2) is 44.7 Å². The Morgan fingerprint density at radius 3 is 2.43 bits per heavy atom. The number of aliphatic carboxylic acids is 1. The molecule has 0 saturated heterocycles. The van der Waals surface area contributed by atoms with Gasteiger partial charge in [-0.1, -0.05) is 24.3 Å². The number of H-pyrrole nitrogens is 1. The zero-order chi connectivity index (χ0) is 25.3. The van der Waals surface area contributed by atoms with Gasteiger partial charge in [0, 0.05) is 35.3 Å². The van der Waals surface area contributed by atoms with E-state index in [2.05, 4.69) is 15.3 Å². The molecule has 12 heteroatoms. The smallest absolute Gasteiger partial charge is 0.475 e. The van der Waals surface area contributed by atoms with E-state index >= 15 is 0 Å². The summed E-state index contributed by atoms with van der Waals surface area (Å²) in [6.07, 6.45) is -4.33. The van der Waals surface area contributed by atoms with E-state index in [1.54, 1.807) is 18.2 Å². The van der Waals surface area contributed by atoms with Gasteiger partial charge in [0.1, 0.15) is 5.82 Å². The number of benzene rings is 1. The van der Waals surface area contributed by atoms with Crippen LogP contribution in [0.15, 0.2) is 48.5 Å². The zero-order valence-corrected chi connectivity index (χ0v) is 17.8. The SMILES string of the molecule is Nc1ccc(-c2ccc3cccc(-c4cc5c([nH]4)CCNC5=O)c3n2)c(F)n1.O=C(O)C(F)(F)F. The second-order valence-electron chi connectivity index (χ2n) is 7.53. The lowest BCUT2D eigenvalue weighted by Gasteiger charge is -2.11. The molecule has 1 aliphatic rings. The molecule has 3 aromatic heterocycles. The van der Waals surface area contributed by atoms with Crippen LogP contribution in [0.4, 0.5) is 23.4 Å². The number of pyridine rings is 2. The van der Waals surface area contributed by atoms with Gasteiger partial charge in [-0.05, 0) is 24.3 Å². The van der Waals surface area contributed by atoms with Gasteiger partial charge in [-0.3, -0.25) is 4.79 Å². The number of nitrogens with zero attached hydrogens (tertiary/aromatic N) is 2. The van der Waals surface area contributed by atoms with E-state index in [0.29, 0.717) is 17.8 Å². The standard InChI is InChI=1S/C21H16FN5O.C2HF3O2/c22-20-13(5-7-18(23)27-20)15-6-4-11-2-1-3-12(19(11)26-15)17-10-14-16(25-17)8-9-24-21(14)28;3-2(4,5)1(6)7/h1-7,10,25H,8-9H2,(H2,23,27)(H,24,28);(H,6,7). The molecule has 0 atom stereocenters. The summed E-state index contributed by atoms with van der Waals surface area (Å²) in [7, 11) is 0. The molecular formula is C23H17F4N5O3. The molecular weight excluding hydrogens is 470 g/mol. The second kappa shape index (κ2) is 9.05. The van der Waals surface area contributed by atoms with E-state index in [4.69, 9.17) is 20.6 Å². The summed E-state index contributed by atoms with van der Waals surface area (Å²) in [6, 6.07) is 14.4. The number of carboxylic acid groups (broad SMARTS) is 1. The highest BCUT2D eigenvalue weighted by Crippen LogP contribution is 2.31. The van der Waals surface area contributed by atoms with E-state index < -0.39 is 18.1 Å². The first-order chi connectivity index (χ1) is 16.5. The minimum absolute atomic E-state index is 0.0762. The molecule has 35 heavy (non-hydrogen) atoms. The van der Waals surface area contributed by atoms with Crippen LogP contribution in [0, 0.1) is 5.95 Å². The largest absolute Gasteiger partial charge is 0.490 e. The Kier molecular flexibility index (Phi) is 6.12. The molecule has 4 aromatic rings. The molecule has 0 radical (unpaired) electrons. The van der Waals surface area contributed by atoms with Gasteiger partial charge in [0.25, 0.3) is 5.91 Å². The number of rotatable bonds is 2. The Labute approximate surface area is 194 Å². The van der Waals surface area contributed by atoms with Crippen molar-refractivity contribution in [2.24, 2.45) is 0 Å². The van der Waals surface area contributed by atoms with Crippen LogP contribution < -0.4 is 11.1 Å². The lowest BCUT2D eigenvalue weighted by Crippen LogP contribution is -2.31. The number of amides is 1. The lowest BCUT2D eigenvalue weighted by molar-refractivity contribution is -0.192. The molecule has 0 bridgehead atoms. The van der Waals surface area contributed by atoms with Crippen LogP contribution in [0.3, 0.4) is 0 Å². The highest BCUT2D eigenvalue weighted by atomic mass is 19.4. The summed E-state index contributed by atoms with van der Waals surface area (Å²) in [6.45, 7) is 0.618. The molecule has 1 aromatic carbocycles. The summed E-state index contributed by atoms with van der Waals surface area (Å²) in [5.41, 5.74) is 10.3. The number of nitrogens with one attached hydrogen (secondary N) is 2. The van der Waals surface area contributed by atoms with E-state index in [1.807, 2.05) is 30.3 Å². The first kappa shape index (κ1) is 23.7. The van der Waals surface area contributed by atoms with E-state index in [9.17, 15) is 22.4 Å². The van der Waals surface area contributed by atoms with E-state index in [-0.39, 0.29) is 17.3 Å². The van der Waals surface area contributed by atoms with E-state index in [0.717, 1.165) is 34.3 Å². The summed E-state index contributed by atoms with van der Waals surface area (Å²) in [5.74, 6) is -3.37. The van der Waals surface area contributed by atoms with Gasteiger partial charge in [0.15, 0.2) is 0 Å². The number of carbonyl (C=O) groups is 2. The van der Waals surface area contributed by atoms with Crippen LogP contribution in [0.1, 0.15) is 16.1 Å². The number of nitrogen functional groups attached to an aromatic ring is 1. The molecule has 0 spiro atoms. The van der Waals surface area contributed by atoms with Crippen LogP contribution >= 0.6 is 0 Å². The van der Waals surface area contributed by atoms with Crippen LogP contribution in [0.5, 0.6) is 0 Å². The number of aromatic amines is 1. The maximum Gasteiger partial charge on any atom is 0.490 e. The average molecular weight is 487 g/mol. The number of aromatic nitrogens is 3. The van der Waals surface area contributed by atoms with Crippen molar-refractivity contribution < 1.29 is 32.3 Å². The molecule has 0 fully saturated rings. The topological polar surface area (TPSA) is 134 Å². The minimum Gasteiger partial charge on any atom is -0.475 e. The van der Waals surface area contributed by atoms with Crippen molar-refractivity contribution in [2.45, 2.75) is 12.6 Å². The third-order valence-electron chi connectivity index (χ3n) is 5.20. The molecule has 1 amide bonds. The quantitative estimate of drug-likeness (QED) is 0.250. The van der Waals surface area contributed by atoms with Crippen molar-refractivity contribution in [2.75, 3.05) is 12.3 Å². The number of anilines is 1. The predicted octanol–water partition coefficient (Wildman–Crippen LogP) is 3.93. The number of hydrogen-bond acceptors (Lipinski definition) is 5. The predicted molar refractivity (Wildman–Crippen MR) is 119 cm³/mol. The third-order valence-corrected chi connectivity index (χ3v) is 5.20. The van der Waals surface area contributed by atoms with Crippen molar-refractivity contribution in [3.63, 3.8) is 0 Å². The number of para-hydroxylation sites is 1. The van der Waals surface area contributed by atoms with Crippen molar-refractivity contribution >= 4 is 28.6 Å². The van der Waals surface area contributed by atoms with Crippen molar-refractivity contribution in [3.05, 3.63) is 65.7 Å².